The van der Waals surface area contributed by atoms with Crippen molar-refractivity contribution < 1.29 is 19.1 Å². The molecule has 0 unspecified atom stereocenters. The molecule has 7 heteroatoms. The van der Waals surface area contributed by atoms with Gasteiger partial charge in [-0.3, -0.25) is 9.59 Å². The summed E-state index contributed by atoms with van der Waals surface area (Å²) in [6.07, 6.45) is 1.88. The Balaban J connectivity index is 1.33. The number of hydrogen-bond donors (Lipinski definition) is 2. The van der Waals surface area contributed by atoms with E-state index in [1.54, 1.807) is 6.07 Å². The molecule has 7 nitrogen and oxygen atoms in total. The standard InChI is InChI=1S/C22H23N3O4/c1-13(14-5-7-19-20(12-14)29-10-9-28-19)23-21(26)15-4-6-17-16(11-15)24-22(27)18-3-2-8-25(17)18/h4-7,11-13,18H,2-3,8-10H2,1H3,(H,23,26)(H,24,27)/t13-,18+/m1/s1. The number of anilines is 2. The van der Waals surface area contributed by atoms with Crippen molar-refractivity contribution >= 4 is 23.2 Å². The molecular weight excluding hydrogens is 370 g/mol. The zero-order valence-electron chi connectivity index (χ0n) is 16.2. The number of benzene rings is 2. The largest absolute Gasteiger partial charge is 0.486 e. The second-order valence-corrected chi connectivity index (χ2v) is 7.67. The Morgan fingerprint density at radius 3 is 2.86 bits per heavy atom. The Bertz CT molecular complexity index is 990. The van der Waals surface area contributed by atoms with Crippen LogP contribution in [-0.4, -0.2) is 37.6 Å². The predicted octanol–water partition coefficient (Wildman–Crippen LogP) is 2.87. The summed E-state index contributed by atoms with van der Waals surface area (Å²) in [5, 5.41) is 5.98. The van der Waals surface area contributed by atoms with Crippen LogP contribution in [0.3, 0.4) is 0 Å². The molecule has 2 aromatic carbocycles. The van der Waals surface area contributed by atoms with E-state index in [0.29, 0.717) is 30.2 Å². The number of rotatable bonds is 3. The molecule has 2 atom stereocenters. The fraction of sp³-hybridized carbons (Fsp3) is 0.364. The van der Waals surface area contributed by atoms with Gasteiger partial charge in [-0.1, -0.05) is 6.07 Å². The zero-order chi connectivity index (χ0) is 20.0. The van der Waals surface area contributed by atoms with Crippen molar-refractivity contribution in [3.05, 3.63) is 47.5 Å². The maximum atomic E-state index is 12.8. The van der Waals surface area contributed by atoms with Crippen molar-refractivity contribution in [2.45, 2.75) is 31.8 Å². The molecule has 0 radical (unpaired) electrons. The van der Waals surface area contributed by atoms with Gasteiger partial charge < -0.3 is 25.0 Å². The van der Waals surface area contributed by atoms with Gasteiger partial charge in [0.15, 0.2) is 11.5 Å². The molecule has 2 N–H and O–H groups in total. The Hall–Kier alpha value is -3.22. The van der Waals surface area contributed by atoms with Gasteiger partial charge in [0.25, 0.3) is 5.91 Å². The molecule has 2 aromatic rings. The summed E-state index contributed by atoms with van der Waals surface area (Å²) in [4.78, 5) is 27.3. The van der Waals surface area contributed by atoms with E-state index in [2.05, 4.69) is 15.5 Å². The minimum absolute atomic E-state index is 0.0113. The fourth-order valence-electron chi connectivity index (χ4n) is 4.26. The number of nitrogens with zero attached hydrogens (tertiary/aromatic N) is 1. The van der Waals surface area contributed by atoms with Crippen LogP contribution in [0, 0.1) is 0 Å². The lowest BCUT2D eigenvalue weighted by molar-refractivity contribution is -0.117. The number of nitrogens with one attached hydrogen (secondary N) is 2. The Labute approximate surface area is 169 Å². The highest BCUT2D eigenvalue weighted by atomic mass is 16.6. The minimum atomic E-state index is -0.202. The van der Waals surface area contributed by atoms with Crippen LogP contribution in [0.5, 0.6) is 11.5 Å². The summed E-state index contributed by atoms with van der Waals surface area (Å²) in [7, 11) is 0. The summed E-state index contributed by atoms with van der Waals surface area (Å²) < 4.78 is 11.2. The SMILES string of the molecule is C[C@@H](NC(=O)c1ccc2c(c1)NC(=O)[C@@H]1CCCN21)c1ccc2c(c1)OCCO2. The highest BCUT2D eigenvalue weighted by Gasteiger charge is 2.36. The number of carbonyl (C=O) groups is 2. The predicted molar refractivity (Wildman–Crippen MR) is 109 cm³/mol. The van der Waals surface area contributed by atoms with E-state index in [0.717, 1.165) is 36.4 Å². The van der Waals surface area contributed by atoms with Crippen LogP contribution in [0.1, 0.15) is 41.7 Å². The van der Waals surface area contributed by atoms with Crippen LogP contribution in [0.2, 0.25) is 0 Å². The molecule has 3 aliphatic rings. The molecule has 0 spiro atoms. The van der Waals surface area contributed by atoms with Gasteiger partial charge in [0.2, 0.25) is 5.91 Å². The lowest BCUT2D eigenvalue weighted by atomic mass is 10.0. The third-order valence-corrected chi connectivity index (χ3v) is 5.80. The van der Waals surface area contributed by atoms with Crippen molar-refractivity contribution in [1.29, 1.82) is 0 Å². The van der Waals surface area contributed by atoms with Crippen molar-refractivity contribution in [1.82, 2.24) is 5.32 Å². The Kier molecular flexibility index (Phi) is 4.30. The van der Waals surface area contributed by atoms with Gasteiger partial charge in [-0.2, -0.15) is 0 Å². The summed E-state index contributed by atoms with van der Waals surface area (Å²) in [6, 6.07) is 10.9. The second kappa shape index (κ2) is 6.99. The molecule has 5 rings (SSSR count). The summed E-state index contributed by atoms with van der Waals surface area (Å²) in [5.74, 6) is 1.25. The van der Waals surface area contributed by atoms with E-state index in [1.165, 1.54) is 0 Å². The lowest BCUT2D eigenvalue weighted by Gasteiger charge is -2.33. The summed E-state index contributed by atoms with van der Waals surface area (Å²) >= 11 is 0. The maximum absolute atomic E-state index is 12.8. The average Bonchev–Trinajstić information content (AvgIpc) is 3.24. The van der Waals surface area contributed by atoms with Gasteiger partial charge in [0, 0.05) is 12.1 Å². The summed E-state index contributed by atoms with van der Waals surface area (Å²) in [6.45, 7) is 3.87. The number of fused-ring (bicyclic) bond motifs is 4. The highest BCUT2D eigenvalue weighted by molar-refractivity contribution is 6.06. The number of ether oxygens (including phenoxy) is 2. The molecule has 2 amide bonds. The van der Waals surface area contributed by atoms with Gasteiger partial charge in [0.05, 0.1) is 17.4 Å². The van der Waals surface area contributed by atoms with E-state index in [9.17, 15) is 9.59 Å². The van der Waals surface area contributed by atoms with Gasteiger partial charge in [-0.25, -0.2) is 0 Å². The van der Waals surface area contributed by atoms with E-state index >= 15 is 0 Å². The first-order valence-corrected chi connectivity index (χ1v) is 10.0. The smallest absolute Gasteiger partial charge is 0.251 e. The van der Waals surface area contributed by atoms with E-state index in [4.69, 9.17) is 9.47 Å². The molecule has 0 bridgehead atoms. The van der Waals surface area contributed by atoms with E-state index in [1.807, 2.05) is 37.3 Å². The average molecular weight is 393 g/mol. The first-order chi connectivity index (χ1) is 14.1. The monoisotopic (exact) mass is 393 g/mol. The molecule has 29 heavy (non-hydrogen) atoms. The Morgan fingerprint density at radius 1 is 1.17 bits per heavy atom. The minimum Gasteiger partial charge on any atom is -0.486 e. The van der Waals surface area contributed by atoms with Crippen LogP contribution < -0.4 is 25.0 Å². The van der Waals surface area contributed by atoms with Crippen LogP contribution in [-0.2, 0) is 4.79 Å². The first-order valence-electron chi connectivity index (χ1n) is 10.0. The molecule has 0 aromatic heterocycles. The van der Waals surface area contributed by atoms with E-state index in [-0.39, 0.29) is 23.9 Å². The van der Waals surface area contributed by atoms with Crippen molar-refractivity contribution in [3.8, 4) is 11.5 Å². The molecule has 1 fully saturated rings. The highest BCUT2D eigenvalue weighted by Crippen LogP contribution is 2.37. The number of hydrogen-bond acceptors (Lipinski definition) is 5. The Morgan fingerprint density at radius 2 is 2.00 bits per heavy atom. The summed E-state index contributed by atoms with van der Waals surface area (Å²) in [5.41, 5.74) is 3.15. The van der Waals surface area contributed by atoms with Crippen molar-refractivity contribution in [2.75, 3.05) is 30.0 Å². The molecule has 3 aliphatic heterocycles. The second-order valence-electron chi connectivity index (χ2n) is 7.67. The third kappa shape index (κ3) is 3.16. The molecule has 1 saturated heterocycles. The third-order valence-electron chi connectivity index (χ3n) is 5.80. The molecule has 3 heterocycles. The number of amides is 2. The molecular formula is C22H23N3O4. The molecule has 0 aliphatic carbocycles. The van der Waals surface area contributed by atoms with Crippen molar-refractivity contribution in [2.24, 2.45) is 0 Å². The fourth-order valence-corrected chi connectivity index (χ4v) is 4.26. The molecule has 150 valence electrons. The zero-order valence-corrected chi connectivity index (χ0v) is 16.2. The van der Waals surface area contributed by atoms with Gasteiger partial charge >= 0.3 is 0 Å². The van der Waals surface area contributed by atoms with Crippen LogP contribution in [0.15, 0.2) is 36.4 Å². The lowest BCUT2D eigenvalue weighted by Crippen LogP contribution is -2.44. The number of carbonyl (C=O) groups excluding carboxylic acids is 2. The van der Waals surface area contributed by atoms with Crippen LogP contribution in [0.25, 0.3) is 0 Å². The molecule has 0 saturated carbocycles. The first kappa shape index (κ1) is 17.8. The van der Waals surface area contributed by atoms with Gasteiger partial charge in [-0.15, -0.1) is 0 Å². The van der Waals surface area contributed by atoms with Crippen LogP contribution >= 0.6 is 0 Å². The van der Waals surface area contributed by atoms with Crippen molar-refractivity contribution in [3.63, 3.8) is 0 Å². The maximum Gasteiger partial charge on any atom is 0.251 e. The normalized spacial score (nSPS) is 20.4. The topological polar surface area (TPSA) is 79.9 Å². The van der Waals surface area contributed by atoms with Gasteiger partial charge in [-0.05, 0) is 55.7 Å². The van der Waals surface area contributed by atoms with E-state index < -0.39 is 0 Å². The van der Waals surface area contributed by atoms with Crippen LogP contribution in [0.4, 0.5) is 11.4 Å². The quantitative estimate of drug-likeness (QED) is 0.838. The van der Waals surface area contributed by atoms with Gasteiger partial charge in [0.1, 0.15) is 19.3 Å².